The van der Waals surface area contributed by atoms with E-state index in [1.165, 1.54) is 0 Å². The van der Waals surface area contributed by atoms with Crippen molar-refractivity contribution in [1.82, 2.24) is 10.6 Å². The lowest BCUT2D eigenvalue weighted by Crippen LogP contribution is -2.33. The first-order chi connectivity index (χ1) is 8.68. The average molecular weight is 256 g/mol. The summed E-state index contributed by atoms with van der Waals surface area (Å²) in [6.45, 7) is 7.91. The number of nitrogens with one attached hydrogen (secondary N) is 2. The number of carbonyl (C=O) groups is 1. The molecule has 4 nitrogen and oxygen atoms in total. The zero-order chi connectivity index (χ0) is 13.2. The highest BCUT2D eigenvalue weighted by atomic mass is 16.5. The minimum Gasteiger partial charge on any atom is -0.378 e. The molecule has 0 bridgehead atoms. The van der Waals surface area contributed by atoms with Crippen molar-refractivity contribution in [3.8, 4) is 0 Å². The van der Waals surface area contributed by atoms with Crippen molar-refractivity contribution in [2.75, 3.05) is 26.2 Å². The van der Waals surface area contributed by atoms with Crippen LogP contribution >= 0.6 is 0 Å². The Morgan fingerprint density at radius 1 is 1.39 bits per heavy atom. The topological polar surface area (TPSA) is 50.4 Å². The van der Waals surface area contributed by atoms with Gasteiger partial charge in [0.25, 0.3) is 0 Å². The highest BCUT2D eigenvalue weighted by Gasteiger charge is 2.12. The molecule has 0 aliphatic carbocycles. The fourth-order valence-corrected chi connectivity index (χ4v) is 2.02. The molecule has 0 spiro atoms. The van der Waals surface area contributed by atoms with Crippen molar-refractivity contribution in [2.45, 2.75) is 52.1 Å². The molecule has 1 amide bonds. The van der Waals surface area contributed by atoms with Gasteiger partial charge >= 0.3 is 0 Å². The van der Waals surface area contributed by atoms with Gasteiger partial charge in [0.2, 0.25) is 5.91 Å². The third-order valence-electron chi connectivity index (χ3n) is 3.23. The van der Waals surface area contributed by atoms with Crippen molar-refractivity contribution < 1.29 is 9.53 Å². The summed E-state index contributed by atoms with van der Waals surface area (Å²) in [5.74, 6) is 0.768. The van der Waals surface area contributed by atoms with Crippen LogP contribution in [0.3, 0.4) is 0 Å². The minimum absolute atomic E-state index is 0.172. The quantitative estimate of drug-likeness (QED) is 0.650. The van der Waals surface area contributed by atoms with Gasteiger partial charge in [-0.1, -0.05) is 13.8 Å². The van der Waals surface area contributed by atoms with Crippen LogP contribution in [0.15, 0.2) is 0 Å². The van der Waals surface area contributed by atoms with Gasteiger partial charge in [-0.25, -0.2) is 0 Å². The summed E-state index contributed by atoms with van der Waals surface area (Å²) >= 11 is 0. The van der Waals surface area contributed by atoms with E-state index in [2.05, 4.69) is 24.5 Å². The van der Waals surface area contributed by atoms with Crippen LogP contribution in [0.2, 0.25) is 0 Å². The molecule has 1 rings (SSSR count). The van der Waals surface area contributed by atoms with E-state index in [1.54, 1.807) is 0 Å². The van der Waals surface area contributed by atoms with Gasteiger partial charge in [-0.3, -0.25) is 4.79 Å². The number of amides is 1. The van der Waals surface area contributed by atoms with Crippen LogP contribution in [-0.4, -0.2) is 38.3 Å². The molecule has 0 aromatic heterocycles. The SMILES string of the molecule is CC(C)CCC(=O)NCCCOC1CCNCC1. The number of ether oxygens (including phenoxy) is 1. The third kappa shape index (κ3) is 7.67. The van der Waals surface area contributed by atoms with Crippen molar-refractivity contribution in [3.05, 3.63) is 0 Å². The van der Waals surface area contributed by atoms with Crippen molar-refractivity contribution in [2.24, 2.45) is 5.92 Å². The lowest BCUT2D eigenvalue weighted by atomic mass is 10.1. The monoisotopic (exact) mass is 256 g/mol. The summed E-state index contributed by atoms with van der Waals surface area (Å²) in [6, 6.07) is 0. The van der Waals surface area contributed by atoms with Gasteiger partial charge in [-0.2, -0.15) is 0 Å². The number of carbonyl (C=O) groups excluding carboxylic acids is 1. The summed E-state index contributed by atoms with van der Waals surface area (Å²) in [5, 5.41) is 6.26. The first-order valence-electron chi connectivity index (χ1n) is 7.27. The van der Waals surface area contributed by atoms with E-state index in [-0.39, 0.29) is 5.91 Å². The molecule has 0 atom stereocenters. The Kier molecular flexibility index (Phi) is 8.01. The summed E-state index contributed by atoms with van der Waals surface area (Å²) in [7, 11) is 0. The molecular weight excluding hydrogens is 228 g/mol. The second-order valence-electron chi connectivity index (χ2n) is 5.46. The zero-order valence-corrected chi connectivity index (χ0v) is 11.8. The highest BCUT2D eigenvalue weighted by Crippen LogP contribution is 2.07. The molecule has 4 heteroatoms. The van der Waals surface area contributed by atoms with Crippen molar-refractivity contribution in [3.63, 3.8) is 0 Å². The molecule has 0 aromatic rings. The largest absolute Gasteiger partial charge is 0.378 e. The Bertz CT molecular complexity index is 226. The molecule has 1 saturated heterocycles. The van der Waals surface area contributed by atoms with E-state index in [4.69, 9.17) is 4.74 Å². The smallest absolute Gasteiger partial charge is 0.220 e. The lowest BCUT2D eigenvalue weighted by molar-refractivity contribution is -0.121. The predicted molar refractivity (Wildman–Crippen MR) is 73.5 cm³/mol. The van der Waals surface area contributed by atoms with E-state index in [9.17, 15) is 4.79 Å². The van der Waals surface area contributed by atoms with Crippen LogP contribution in [0, 0.1) is 5.92 Å². The zero-order valence-electron chi connectivity index (χ0n) is 11.8. The van der Waals surface area contributed by atoms with E-state index < -0.39 is 0 Å². The summed E-state index contributed by atoms with van der Waals surface area (Å²) in [5.41, 5.74) is 0. The van der Waals surface area contributed by atoms with Gasteiger partial charge in [-0.15, -0.1) is 0 Å². The van der Waals surface area contributed by atoms with Gasteiger partial charge in [0, 0.05) is 19.6 Å². The number of hydrogen-bond acceptors (Lipinski definition) is 3. The molecule has 2 N–H and O–H groups in total. The van der Waals surface area contributed by atoms with Crippen molar-refractivity contribution >= 4 is 5.91 Å². The number of piperidine rings is 1. The standard InChI is InChI=1S/C14H28N2O2/c1-12(2)4-5-14(17)16-8-3-11-18-13-6-9-15-10-7-13/h12-13,15H,3-11H2,1-2H3,(H,16,17). The summed E-state index contributed by atoms with van der Waals surface area (Å²) in [6.07, 6.45) is 5.17. The Labute approximate surface area is 111 Å². The van der Waals surface area contributed by atoms with Gasteiger partial charge < -0.3 is 15.4 Å². The normalized spacial score (nSPS) is 17.1. The Hall–Kier alpha value is -0.610. The maximum Gasteiger partial charge on any atom is 0.220 e. The lowest BCUT2D eigenvalue weighted by Gasteiger charge is -2.22. The fraction of sp³-hybridized carbons (Fsp3) is 0.929. The second-order valence-corrected chi connectivity index (χ2v) is 5.46. The molecule has 0 aromatic carbocycles. The molecule has 106 valence electrons. The van der Waals surface area contributed by atoms with E-state index >= 15 is 0 Å². The van der Waals surface area contributed by atoms with Crippen LogP contribution in [0.4, 0.5) is 0 Å². The van der Waals surface area contributed by atoms with Gasteiger partial charge in [0.05, 0.1) is 6.10 Å². The molecule has 1 fully saturated rings. The minimum atomic E-state index is 0.172. The maximum absolute atomic E-state index is 11.5. The second kappa shape index (κ2) is 9.34. The first-order valence-corrected chi connectivity index (χ1v) is 7.27. The molecular formula is C14H28N2O2. The summed E-state index contributed by atoms with van der Waals surface area (Å²) < 4.78 is 5.77. The fourth-order valence-electron chi connectivity index (χ4n) is 2.02. The van der Waals surface area contributed by atoms with E-state index in [0.717, 1.165) is 51.9 Å². The molecule has 1 heterocycles. The van der Waals surface area contributed by atoms with Crippen LogP contribution in [0.1, 0.15) is 46.0 Å². The number of rotatable bonds is 8. The molecule has 0 unspecified atom stereocenters. The summed E-state index contributed by atoms with van der Waals surface area (Å²) in [4.78, 5) is 11.5. The molecule has 1 aliphatic rings. The molecule has 0 radical (unpaired) electrons. The Balaban J connectivity index is 1.89. The average Bonchev–Trinajstić information content (AvgIpc) is 2.37. The molecule has 18 heavy (non-hydrogen) atoms. The van der Waals surface area contributed by atoms with Crippen molar-refractivity contribution in [1.29, 1.82) is 0 Å². The predicted octanol–water partition coefficient (Wildman–Crippen LogP) is 1.70. The van der Waals surface area contributed by atoms with Gasteiger partial charge in [0.1, 0.15) is 0 Å². The Morgan fingerprint density at radius 3 is 2.78 bits per heavy atom. The van der Waals surface area contributed by atoms with Crippen LogP contribution < -0.4 is 10.6 Å². The van der Waals surface area contributed by atoms with Crippen LogP contribution in [0.25, 0.3) is 0 Å². The van der Waals surface area contributed by atoms with Gasteiger partial charge in [-0.05, 0) is 44.7 Å². The van der Waals surface area contributed by atoms with Crippen LogP contribution in [-0.2, 0) is 9.53 Å². The van der Waals surface area contributed by atoms with E-state index in [0.29, 0.717) is 18.4 Å². The maximum atomic E-state index is 11.5. The van der Waals surface area contributed by atoms with E-state index in [1.807, 2.05) is 0 Å². The molecule has 1 aliphatic heterocycles. The highest BCUT2D eigenvalue weighted by molar-refractivity contribution is 5.75. The Morgan fingerprint density at radius 2 is 2.11 bits per heavy atom. The third-order valence-corrected chi connectivity index (χ3v) is 3.23. The number of hydrogen-bond donors (Lipinski definition) is 2. The van der Waals surface area contributed by atoms with Crippen LogP contribution in [0.5, 0.6) is 0 Å². The van der Waals surface area contributed by atoms with Gasteiger partial charge in [0.15, 0.2) is 0 Å². The molecule has 0 saturated carbocycles. The first kappa shape index (κ1) is 15.4.